The van der Waals surface area contributed by atoms with Gasteiger partial charge in [-0.2, -0.15) is 26.3 Å². The highest BCUT2D eigenvalue weighted by atomic mass is 19.4. The molecule has 5 nitrogen and oxygen atoms in total. The maximum absolute atomic E-state index is 13.2. The van der Waals surface area contributed by atoms with Gasteiger partial charge in [0.2, 0.25) is 5.91 Å². The molecule has 0 N–H and O–H groups in total. The maximum Gasteiger partial charge on any atom is 0.417 e. The molecule has 11 heteroatoms. The Labute approximate surface area is 210 Å². The van der Waals surface area contributed by atoms with Crippen LogP contribution in [-0.4, -0.2) is 65.5 Å². The molecule has 3 aliphatic rings. The number of fused-ring (bicyclic) bond motifs is 2. The van der Waals surface area contributed by atoms with Crippen LogP contribution >= 0.6 is 0 Å². The summed E-state index contributed by atoms with van der Waals surface area (Å²) >= 11 is 0. The van der Waals surface area contributed by atoms with E-state index in [1.807, 2.05) is 20.8 Å². The second-order valence-corrected chi connectivity index (χ2v) is 9.79. The van der Waals surface area contributed by atoms with Crippen molar-refractivity contribution in [2.75, 3.05) is 37.6 Å². The van der Waals surface area contributed by atoms with Gasteiger partial charge in [-0.3, -0.25) is 9.69 Å². The van der Waals surface area contributed by atoms with E-state index in [4.69, 9.17) is 0 Å². The van der Waals surface area contributed by atoms with Crippen molar-refractivity contribution < 1.29 is 31.1 Å². The fourth-order valence-electron chi connectivity index (χ4n) is 5.52. The Balaban J connectivity index is 1.18. The van der Waals surface area contributed by atoms with E-state index in [1.165, 1.54) is 12.1 Å². The lowest BCUT2D eigenvalue weighted by Crippen LogP contribution is -2.58. The third kappa shape index (κ3) is 5.46. The molecule has 3 aliphatic heterocycles. The van der Waals surface area contributed by atoms with Crippen LogP contribution in [-0.2, 0) is 17.1 Å². The Morgan fingerprint density at radius 3 is 2.22 bits per heavy atom. The van der Waals surface area contributed by atoms with Crippen molar-refractivity contribution in [1.29, 1.82) is 0 Å². The van der Waals surface area contributed by atoms with Crippen LogP contribution in [0.5, 0.6) is 0 Å². The van der Waals surface area contributed by atoms with Crippen molar-refractivity contribution in [2.45, 2.75) is 43.7 Å². The molecule has 0 spiro atoms. The van der Waals surface area contributed by atoms with Gasteiger partial charge in [-0.25, -0.2) is 4.98 Å². The first-order chi connectivity index (χ1) is 17.5. The zero-order valence-corrected chi connectivity index (χ0v) is 19.9. The second-order valence-electron chi connectivity index (χ2n) is 9.79. The first-order valence-electron chi connectivity index (χ1n) is 12.2. The van der Waals surface area contributed by atoms with Crippen LogP contribution in [0.2, 0.25) is 0 Å². The van der Waals surface area contributed by atoms with Gasteiger partial charge in [0.25, 0.3) is 0 Å². The number of nitrogens with zero attached hydrogens (tertiary/aromatic N) is 4. The largest absolute Gasteiger partial charge is 0.417 e. The highest BCUT2D eigenvalue weighted by Gasteiger charge is 2.43. The van der Waals surface area contributed by atoms with E-state index in [0.717, 1.165) is 42.8 Å². The highest BCUT2D eigenvalue weighted by Crippen LogP contribution is 2.35. The van der Waals surface area contributed by atoms with E-state index in [-0.39, 0.29) is 24.5 Å². The minimum absolute atomic E-state index is 0.00319. The average Bonchev–Trinajstić information content (AvgIpc) is 3.13. The number of alkyl halides is 6. The molecule has 1 aromatic heterocycles. The summed E-state index contributed by atoms with van der Waals surface area (Å²) in [5.41, 5.74) is -0.0798. The normalized spacial score (nSPS) is 22.8. The van der Waals surface area contributed by atoms with Crippen LogP contribution < -0.4 is 4.90 Å². The summed E-state index contributed by atoms with van der Waals surface area (Å²) in [7, 11) is 0. The molecule has 1 aromatic carbocycles. The lowest BCUT2D eigenvalue weighted by molar-refractivity contribution is -0.138. The van der Waals surface area contributed by atoms with Crippen molar-refractivity contribution in [3.8, 4) is 0 Å². The summed E-state index contributed by atoms with van der Waals surface area (Å²) in [6, 6.07) is 7.64. The Bertz CT molecular complexity index is 1160. The lowest BCUT2D eigenvalue weighted by Gasteiger charge is -2.42. The predicted octanol–water partition coefficient (Wildman–Crippen LogP) is 5.09. The van der Waals surface area contributed by atoms with Crippen molar-refractivity contribution in [3.05, 3.63) is 65.4 Å². The quantitative estimate of drug-likeness (QED) is 0.523. The topological polar surface area (TPSA) is 39.7 Å². The number of rotatable bonds is 4. The molecular weight excluding hydrogens is 498 g/mol. The van der Waals surface area contributed by atoms with E-state index in [2.05, 4.69) is 4.98 Å². The first kappa shape index (κ1) is 25.6. The fourth-order valence-corrected chi connectivity index (χ4v) is 5.52. The van der Waals surface area contributed by atoms with E-state index in [9.17, 15) is 31.1 Å². The summed E-state index contributed by atoms with van der Waals surface area (Å²) in [4.78, 5) is 23.1. The summed E-state index contributed by atoms with van der Waals surface area (Å²) in [6.07, 6.45) is -3.90. The monoisotopic (exact) mass is 524 g/mol. The van der Waals surface area contributed by atoms with Crippen molar-refractivity contribution in [1.82, 2.24) is 14.8 Å². The molecule has 37 heavy (non-hydrogen) atoms. The highest BCUT2D eigenvalue weighted by molar-refractivity contribution is 5.80. The summed E-state index contributed by atoms with van der Waals surface area (Å²) < 4.78 is 77.7. The molecule has 4 heterocycles. The molecule has 1 amide bonds. The summed E-state index contributed by atoms with van der Waals surface area (Å²) in [6.45, 7) is 2.29. The van der Waals surface area contributed by atoms with Crippen LogP contribution in [0, 0.1) is 0 Å². The zero-order chi connectivity index (χ0) is 26.4. The van der Waals surface area contributed by atoms with Crippen LogP contribution in [0.1, 0.15) is 36.0 Å². The maximum atomic E-state index is 13.2. The zero-order valence-electron chi connectivity index (χ0n) is 19.9. The molecule has 2 unspecified atom stereocenters. The van der Waals surface area contributed by atoms with Crippen molar-refractivity contribution in [2.24, 2.45) is 0 Å². The average molecular weight is 525 g/mol. The Hall–Kier alpha value is -3.08. The Morgan fingerprint density at radius 2 is 1.65 bits per heavy atom. The Morgan fingerprint density at radius 1 is 0.946 bits per heavy atom. The van der Waals surface area contributed by atoms with Crippen LogP contribution in [0.3, 0.4) is 0 Å². The molecule has 198 valence electrons. The molecule has 2 bridgehead atoms. The first-order valence-corrected chi connectivity index (χ1v) is 12.2. The SMILES string of the molecule is O=C(CN1CC=C(c2cccc(C(F)(F)F)c2)CC1)N1C2CCC1CN(c1ccc(C(F)(F)F)cn1)C2. The molecule has 0 saturated carbocycles. The third-order valence-corrected chi connectivity index (χ3v) is 7.38. The number of aromatic nitrogens is 1. The van der Waals surface area contributed by atoms with E-state index < -0.39 is 23.5 Å². The summed E-state index contributed by atoms with van der Waals surface area (Å²) in [5, 5.41) is 0. The number of benzene rings is 1. The molecule has 2 atom stereocenters. The number of anilines is 1. The van der Waals surface area contributed by atoms with E-state index in [1.54, 1.807) is 6.07 Å². The van der Waals surface area contributed by atoms with Gasteiger partial charge in [0.05, 0.1) is 17.7 Å². The van der Waals surface area contributed by atoms with Gasteiger partial charge < -0.3 is 9.80 Å². The van der Waals surface area contributed by atoms with Crippen LogP contribution in [0.15, 0.2) is 48.7 Å². The standard InChI is InChI=1S/C26H26F6N4O/c27-25(28,29)19-3-1-2-18(12-19)17-8-10-34(11-9-17)16-24(37)36-21-5-6-22(36)15-35(14-21)23-7-4-20(13-33-23)26(30,31)32/h1-4,7-8,12-13,21-22H,5-6,9-11,14-16H2. The molecule has 2 saturated heterocycles. The van der Waals surface area contributed by atoms with E-state index in [0.29, 0.717) is 44.0 Å². The smallest absolute Gasteiger partial charge is 0.352 e. The molecule has 5 rings (SSSR count). The number of hydrogen-bond acceptors (Lipinski definition) is 4. The predicted molar refractivity (Wildman–Crippen MR) is 126 cm³/mol. The van der Waals surface area contributed by atoms with Gasteiger partial charge in [-0.1, -0.05) is 18.2 Å². The number of amides is 1. The molecule has 2 fully saturated rings. The van der Waals surface area contributed by atoms with Crippen LogP contribution in [0.25, 0.3) is 5.57 Å². The van der Waals surface area contributed by atoms with Gasteiger partial charge >= 0.3 is 12.4 Å². The number of hydrogen-bond donors (Lipinski definition) is 0. The molecular formula is C26H26F6N4O. The minimum atomic E-state index is -4.44. The van der Waals surface area contributed by atoms with Gasteiger partial charge in [0, 0.05) is 44.5 Å². The molecule has 0 radical (unpaired) electrons. The van der Waals surface area contributed by atoms with E-state index >= 15 is 0 Å². The number of halogens is 6. The third-order valence-electron chi connectivity index (χ3n) is 7.38. The van der Waals surface area contributed by atoms with Gasteiger partial charge in [0.15, 0.2) is 0 Å². The summed E-state index contributed by atoms with van der Waals surface area (Å²) in [5.74, 6) is 0.476. The molecule has 2 aromatic rings. The number of carbonyl (C=O) groups is 1. The number of carbonyl (C=O) groups excluding carboxylic acids is 1. The Kier molecular flexibility index (Phi) is 6.68. The minimum Gasteiger partial charge on any atom is -0.352 e. The number of pyridine rings is 1. The lowest BCUT2D eigenvalue weighted by atomic mass is 9.97. The van der Waals surface area contributed by atoms with Crippen LogP contribution in [0.4, 0.5) is 32.2 Å². The number of piperazine rings is 1. The van der Waals surface area contributed by atoms with Crippen molar-refractivity contribution in [3.63, 3.8) is 0 Å². The molecule has 0 aliphatic carbocycles. The van der Waals surface area contributed by atoms with Gasteiger partial charge in [-0.05, 0) is 54.7 Å². The second kappa shape index (κ2) is 9.66. The van der Waals surface area contributed by atoms with Crippen molar-refractivity contribution >= 4 is 17.3 Å². The fraction of sp³-hybridized carbons (Fsp3) is 0.462. The van der Waals surface area contributed by atoms with Gasteiger partial charge in [0.1, 0.15) is 5.82 Å². The van der Waals surface area contributed by atoms with Gasteiger partial charge in [-0.15, -0.1) is 0 Å².